The summed E-state index contributed by atoms with van der Waals surface area (Å²) in [6, 6.07) is 8.18. The molecule has 3 nitrogen and oxygen atoms in total. The van der Waals surface area contributed by atoms with Gasteiger partial charge in [0.2, 0.25) is 0 Å². The zero-order valence-corrected chi connectivity index (χ0v) is 11.0. The Bertz CT molecular complexity index is 363. The van der Waals surface area contributed by atoms with Crippen molar-refractivity contribution in [2.75, 3.05) is 13.6 Å². The molecule has 0 heterocycles. The Morgan fingerprint density at radius 1 is 1.41 bits per heavy atom. The van der Waals surface area contributed by atoms with E-state index in [1.165, 1.54) is 5.56 Å². The smallest absolute Gasteiger partial charge is 0.317 e. The molecule has 0 radical (unpaired) electrons. The lowest BCUT2D eigenvalue weighted by molar-refractivity contribution is 0.207. The summed E-state index contributed by atoms with van der Waals surface area (Å²) in [4.78, 5) is 13.5. The molecule has 1 rings (SSSR count). The molecule has 0 saturated heterocycles. The predicted octanol–water partition coefficient (Wildman–Crippen LogP) is 2.94. The fourth-order valence-electron chi connectivity index (χ4n) is 1.63. The van der Waals surface area contributed by atoms with E-state index in [1.54, 1.807) is 4.90 Å². The Labute approximate surface area is 104 Å². The maximum absolute atomic E-state index is 11.7. The molecule has 0 fully saturated rings. The first-order chi connectivity index (χ1) is 8.13. The van der Waals surface area contributed by atoms with Crippen LogP contribution in [0.15, 0.2) is 24.3 Å². The highest BCUT2D eigenvalue weighted by atomic mass is 16.2. The third-order valence-corrected chi connectivity index (χ3v) is 2.72. The second kappa shape index (κ2) is 6.94. The number of benzene rings is 1. The second-order valence-corrected chi connectivity index (χ2v) is 4.42. The number of hydrogen-bond donors (Lipinski definition) is 1. The molecule has 17 heavy (non-hydrogen) atoms. The quantitative estimate of drug-likeness (QED) is 0.834. The van der Waals surface area contributed by atoms with Gasteiger partial charge in [-0.25, -0.2) is 4.79 Å². The van der Waals surface area contributed by atoms with Gasteiger partial charge < -0.3 is 10.2 Å². The van der Waals surface area contributed by atoms with Crippen molar-refractivity contribution in [1.82, 2.24) is 10.2 Å². The van der Waals surface area contributed by atoms with Gasteiger partial charge in [-0.05, 0) is 18.9 Å². The van der Waals surface area contributed by atoms with Gasteiger partial charge in [-0.15, -0.1) is 0 Å². The molecule has 2 amide bonds. The normalized spacial score (nSPS) is 10.1. The molecule has 0 aromatic heterocycles. The molecule has 0 atom stereocenters. The topological polar surface area (TPSA) is 32.3 Å². The van der Waals surface area contributed by atoms with Crippen LogP contribution < -0.4 is 5.32 Å². The predicted molar refractivity (Wildman–Crippen MR) is 71.0 cm³/mol. The number of amides is 2. The third-order valence-electron chi connectivity index (χ3n) is 2.72. The maximum atomic E-state index is 11.7. The Balaban J connectivity index is 2.37. The van der Waals surface area contributed by atoms with Crippen LogP contribution in [0.4, 0.5) is 4.79 Å². The first-order valence-corrected chi connectivity index (χ1v) is 6.18. The van der Waals surface area contributed by atoms with Crippen LogP contribution >= 0.6 is 0 Å². The summed E-state index contributed by atoms with van der Waals surface area (Å²) < 4.78 is 0. The first kappa shape index (κ1) is 13.6. The van der Waals surface area contributed by atoms with Crippen molar-refractivity contribution >= 4 is 6.03 Å². The Hall–Kier alpha value is -1.51. The van der Waals surface area contributed by atoms with Gasteiger partial charge in [0.15, 0.2) is 0 Å². The van der Waals surface area contributed by atoms with Gasteiger partial charge in [0, 0.05) is 20.1 Å². The molecule has 3 heteroatoms. The Kier molecular flexibility index (Phi) is 5.53. The van der Waals surface area contributed by atoms with Gasteiger partial charge in [0.05, 0.1) is 0 Å². The van der Waals surface area contributed by atoms with E-state index in [0.29, 0.717) is 6.54 Å². The number of nitrogens with one attached hydrogen (secondary N) is 1. The Morgan fingerprint density at radius 3 is 2.82 bits per heavy atom. The summed E-state index contributed by atoms with van der Waals surface area (Å²) in [7, 11) is 1.83. The highest BCUT2D eigenvalue weighted by Gasteiger charge is 2.06. The van der Waals surface area contributed by atoms with E-state index in [4.69, 9.17) is 0 Å². The van der Waals surface area contributed by atoms with E-state index in [0.717, 1.165) is 24.9 Å². The van der Waals surface area contributed by atoms with Crippen LogP contribution in [-0.4, -0.2) is 24.5 Å². The molecular formula is C14H22N2O. The summed E-state index contributed by atoms with van der Waals surface area (Å²) in [5, 5.41) is 2.92. The van der Waals surface area contributed by atoms with Crippen LogP contribution in [0, 0.1) is 6.92 Å². The average Bonchev–Trinajstić information content (AvgIpc) is 2.33. The highest BCUT2D eigenvalue weighted by Crippen LogP contribution is 2.03. The fourth-order valence-corrected chi connectivity index (χ4v) is 1.63. The van der Waals surface area contributed by atoms with Crippen LogP contribution in [0.1, 0.15) is 30.9 Å². The Morgan fingerprint density at radius 2 is 2.18 bits per heavy atom. The zero-order valence-electron chi connectivity index (χ0n) is 11.0. The number of aryl methyl sites for hydroxylation is 1. The van der Waals surface area contributed by atoms with Crippen LogP contribution in [0.5, 0.6) is 0 Å². The van der Waals surface area contributed by atoms with Crippen molar-refractivity contribution < 1.29 is 4.79 Å². The first-order valence-electron chi connectivity index (χ1n) is 6.18. The molecule has 0 spiro atoms. The number of nitrogens with zero attached hydrogens (tertiary/aromatic N) is 1. The molecule has 1 aromatic carbocycles. The van der Waals surface area contributed by atoms with E-state index in [2.05, 4.69) is 31.3 Å². The van der Waals surface area contributed by atoms with E-state index in [9.17, 15) is 4.79 Å². The molecular weight excluding hydrogens is 212 g/mol. The number of urea groups is 1. The maximum Gasteiger partial charge on any atom is 0.317 e. The minimum absolute atomic E-state index is 0.0000406. The SMILES string of the molecule is CCCCN(C)C(=O)NCc1cccc(C)c1. The molecule has 94 valence electrons. The zero-order chi connectivity index (χ0) is 12.7. The lowest BCUT2D eigenvalue weighted by Crippen LogP contribution is -2.37. The molecule has 1 aromatic rings. The van der Waals surface area contributed by atoms with Gasteiger partial charge in [0.25, 0.3) is 0 Å². The fraction of sp³-hybridized carbons (Fsp3) is 0.500. The van der Waals surface area contributed by atoms with Crippen molar-refractivity contribution in [1.29, 1.82) is 0 Å². The molecule has 0 aliphatic carbocycles. The van der Waals surface area contributed by atoms with Crippen molar-refractivity contribution in [2.24, 2.45) is 0 Å². The minimum atomic E-state index is -0.0000406. The highest BCUT2D eigenvalue weighted by molar-refractivity contribution is 5.73. The summed E-state index contributed by atoms with van der Waals surface area (Å²) in [5.74, 6) is 0. The number of unbranched alkanes of at least 4 members (excludes halogenated alkanes) is 1. The third kappa shape index (κ3) is 4.89. The summed E-state index contributed by atoms with van der Waals surface area (Å²) >= 11 is 0. The minimum Gasteiger partial charge on any atom is -0.334 e. The molecule has 1 N–H and O–H groups in total. The van der Waals surface area contributed by atoms with Gasteiger partial charge in [-0.1, -0.05) is 43.2 Å². The van der Waals surface area contributed by atoms with Gasteiger partial charge in [-0.3, -0.25) is 0 Å². The molecule has 0 saturated carbocycles. The van der Waals surface area contributed by atoms with E-state index >= 15 is 0 Å². The van der Waals surface area contributed by atoms with E-state index in [1.807, 2.05) is 19.2 Å². The molecule has 0 aliphatic rings. The monoisotopic (exact) mass is 234 g/mol. The van der Waals surface area contributed by atoms with Crippen molar-refractivity contribution in [3.8, 4) is 0 Å². The average molecular weight is 234 g/mol. The summed E-state index contributed by atoms with van der Waals surface area (Å²) in [5.41, 5.74) is 2.36. The molecule has 0 aliphatic heterocycles. The van der Waals surface area contributed by atoms with E-state index in [-0.39, 0.29) is 6.03 Å². The molecule has 0 unspecified atom stereocenters. The number of carbonyl (C=O) groups excluding carboxylic acids is 1. The standard InChI is InChI=1S/C14H22N2O/c1-4-5-9-16(3)14(17)15-11-13-8-6-7-12(2)10-13/h6-8,10H,4-5,9,11H2,1-3H3,(H,15,17). The number of hydrogen-bond acceptors (Lipinski definition) is 1. The second-order valence-electron chi connectivity index (χ2n) is 4.42. The van der Waals surface area contributed by atoms with Gasteiger partial charge >= 0.3 is 6.03 Å². The largest absolute Gasteiger partial charge is 0.334 e. The van der Waals surface area contributed by atoms with Gasteiger partial charge in [-0.2, -0.15) is 0 Å². The number of rotatable bonds is 5. The van der Waals surface area contributed by atoms with Crippen LogP contribution in [0.25, 0.3) is 0 Å². The lowest BCUT2D eigenvalue weighted by atomic mass is 10.1. The number of carbonyl (C=O) groups is 1. The van der Waals surface area contributed by atoms with Crippen LogP contribution in [-0.2, 0) is 6.54 Å². The van der Waals surface area contributed by atoms with E-state index < -0.39 is 0 Å². The lowest BCUT2D eigenvalue weighted by Gasteiger charge is -2.17. The summed E-state index contributed by atoms with van der Waals surface area (Å²) in [6.07, 6.45) is 2.16. The van der Waals surface area contributed by atoms with Crippen LogP contribution in [0.3, 0.4) is 0 Å². The van der Waals surface area contributed by atoms with Crippen molar-refractivity contribution in [3.05, 3.63) is 35.4 Å². The van der Waals surface area contributed by atoms with Crippen molar-refractivity contribution in [2.45, 2.75) is 33.2 Å². The molecule has 0 bridgehead atoms. The van der Waals surface area contributed by atoms with Crippen LogP contribution in [0.2, 0.25) is 0 Å². The van der Waals surface area contributed by atoms with Crippen molar-refractivity contribution in [3.63, 3.8) is 0 Å². The summed E-state index contributed by atoms with van der Waals surface area (Å²) in [6.45, 7) is 5.59. The van der Waals surface area contributed by atoms with Gasteiger partial charge in [0.1, 0.15) is 0 Å².